The van der Waals surface area contributed by atoms with Crippen molar-refractivity contribution in [2.75, 3.05) is 31.2 Å². The summed E-state index contributed by atoms with van der Waals surface area (Å²) in [7, 11) is 0. The van der Waals surface area contributed by atoms with Crippen molar-refractivity contribution in [3.63, 3.8) is 0 Å². The van der Waals surface area contributed by atoms with Crippen molar-refractivity contribution >= 4 is 34.5 Å². The van der Waals surface area contributed by atoms with Crippen molar-refractivity contribution < 1.29 is 24.0 Å². The number of carbonyl (C=O) groups excluding carboxylic acids is 1. The van der Waals surface area contributed by atoms with Crippen molar-refractivity contribution in [3.05, 3.63) is 87.3 Å². The lowest BCUT2D eigenvalue weighted by Crippen LogP contribution is -2.33. The number of unbranched alkanes of at least 4 members (excludes halogenated alkanes) is 5. The lowest BCUT2D eigenvalue weighted by Gasteiger charge is -2.29. The summed E-state index contributed by atoms with van der Waals surface area (Å²) in [6.45, 7) is 19.8. The van der Waals surface area contributed by atoms with Gasteiger partial charge in [-0.15, -0.1) is 0 Å². The van der Waals surface area contributed by atoms with Crippen molar-refractivity contribution in [3.8, 4) is 5.75 Å². The van der Waals surface area contributed by atoms with E-state index >= 15 is 0 Å². The second kappa shape index (κ2) is 15.3. The molecule has 0 saturated carbocycles. The zero-order valence-electron chi connectivity index (χ0n) is 30.9. The molecule has 1 N–H and O–H groups in total. The van der Waals surface area contributed by atoms with Gasteiger partial charge in [0.2, 0.25) is 11.5 Å². The second-order valence-corrected chi connectivity index (χ2v) is 15.4. The van der Waals surface area contributed by atoms with Crippen LogP contribution < -0.4 is 9.64 Å². The number of ketones is 1. The summed E-state index contributed by atoms with van der Waals surface area (Å²) in [6.07, 6.45) is 12.1. The third kappa shape index (κ3) is 7.42. The summed E-state index contributed by atoms with van der Waals surface area (Å²) in [5.74, 6) is 0.754. The summed E-state index contributed by atoms with van der Waals surface area (Å²) in [5, 5.41) is 12.2. The Hall–Kier alpha value is -3.35. The molecule has 0 spiro atoms. The Morgan fingerprint density at radius 1 is 0.898 bits per heavy atom. The Bertz CT molecular complexity index is 1690. The highest BCUT2D eigenvalue weighted by molar-refractivity contribution is 6.30. The standard InChI is InChI=1S/C42H55ClN2O4/c1-9-11-12-13-14-15-20-44-36-19-17-30(49-28(3)4)25-34(36)42(7,8)37(44)26-31-39(46)32(40(31)47)27-38-41(5,6)33-24-29(43)16-18-35(33)45(38)21-23-48-22-10-2/h16-19,24-28H,9-15,20-23H2,1-8H3/p+1. The molecule has 2 aromatic rings. The number of hydrogen-bond donors (Lipinski definition) is 1. The lowest BCUT2D eigenvalue weighted by molar-refractivity contribution is -0.438. The lowest BCUT2D eigenvalue weighted by atomic mass is 9.77. The van der Waals surface area contributed by atoms with Gasteiger partial charge in [-0.2, -0.15) is 4.58 Å². The summed E-state index contributed by atoms with van der Waals surface area (Å²) >= 11 is 6.45. The number of aliphatic hydroxyl groups is 1. The van der Waals surface area contributed by atoms with Crippen molar-refractivity contribution in [1.29, 1.82) is 0 Å². The quantitative estimate of drug-likeness (QED) is 0.108. The molecule has 0 atom stereocenters. The fourth-order valence-electron chi connectivity index (χ4n) is 7.49. The normalized spacial score (nSPS) is 19.4. The largest absolute Gasteiger partial charge is 0.506 e. The number of ether oxygens (including phenoxy) is 2. The Balaban J connectivity index is 1.51. The first-order valence-electron chi connectivity index (χ1n) is 18.4. The topological polar surface area (TPSA) is 62.0 Å². The molecule has 2 aliphatic heterocycles. The number of Topliss-reactive ketones (excluding diaryl/α,β-unsaturated/α-hetero) is 1. The average molecular weight is 688 g/mol. The maximum Gasteiger partial charge on any atom is 0.210 e. The molecule has 0 bridgehead atoms. The monoisotopic (exact) mass is 687 g/mol. The van der Waals surface area contributed by atoms with E-state index in [1.54, 1.807) is 0 Å². The third-order valence-electron chi connectivity index (χ3n) is 10.2. The van der Waals surface area contributed by atoms with Gasteiger partial charge < -0.3 is 19.5 Å². The van der Waals surface area contributed by atoms with Gasteiger partial charge in [-0.3, -0.25) is 4.79 Å². The van der Waals surface area contributed by atoms with Crippen molar-refractivity contribution in [2.24, 2.45) is 0 Å². The van der Waals surface area contributed by atoms with E-state index in [-0.39, 0.29) is 23.1 Å². The van der Waals surface area contributed by atoms with Crippen LogP contribution >= 0.6 is 11.6 Å². The van der Waals surface area contributed by atoms with Gasteiger partial charge in [-0.25, -0.2) is 0 Å². The Morgan fingerprint density at radius 3 is 2.33 bits per heavy atom. The molecule has 2 aromatic carbocycles. The highest BCUT2D eigenvalue weighted by atomic mass is 35.5. The minimum absolute atomic E-state index is 0.0482. The van der Waals surface area contributed by atoms with Crippen LogP contribution in [0.15, 0.2) is 71.2 Å². The average Bonchev–Trinajstić information content (AvgIpc) is 3.39. The van der Waals surface area contributed by atoms with Crippen molar-refractivity contribution in [2.45, 2.75) is 117 Å². The van der Waals surface area contributed by atoms with Crippen molar-refractivity contribution in [1.82, 2.24) is 0 Å². The van der Waals surface area contributed by atoms with Crippen LogP contribution in [0.4, 0.5) is 11.4 Å². The molecular weight excluding hydrogens is 632 g/mol. The third-order valence-corrected chi connectivity index (χ3v) is 10.4. The minimum atomic E-state index is -0.425. The van der Waals surface area contributed by atoms with Crippen LogP contribution in [0.5, 0.6) is 5.75 Å². The zero-order chi connectivity index (χ0) is 35.5. The van der Waals surface area contributed by atoms with Gasteiger partial charge in [-0.1, -0.05) is 65.0 Å². The van der Waals surface area contributed by atoms with Crippen LogP contribution in [-0.2, 0) is 20.4 Å². The molecule has 1 aliphatic carbocycles. The first kappa shape index (κ1) is 36.9. The van der Waals surface area contributed by atoms with Gasteiger partial charge in [0.1, 0.15) is 18.1 Å². The van der Waals surface area contributed by atoms with Crippen LogP contribution in [0.3, 0.4) is 0 Å². The zero-order valence-corrected chi connectivity index (χ0v) is 31.7. The number of nitrogens with zero attached hydrogens (tertiary/aromatic N) is 2. The van der Waals surface area contributed by atoms with E-state index in [9.17, 15) is 9.90 Å². The first-order chi connectivity index (χ1) is 23.3. The van der Waals surface area contributed by atoms with Gasteiger partial charge in [0.05, 0.1) is 29.3 Å². The number of halogens is 1. The molecular formula is C42H56ClN2O4+. The molecule has 2 heterocycles. The van der Waals surface area contributed by atoms with Gasteiger partial charge in [0.25, 0.3) is 0 Å². The Morgan fingerprint density at radius 2 is 1.63 bits per heavy atom. The Labute approximate surface area is 299 Å². The van der Waals surface area contributed by atoms with E-state index in [1.807, 2.05) is 50.3 Å². The number of aliphatic hydroxyl groups excluding tert-OH is 1. The number of rotatable bonds is 16. The first-order valence-corrected chi connectivity index (χ1v) is 18.7. The molecule has 0 saturated heterocycles. The van der Waals surface area contributed by atoms with Crippen LogP contribution in [-0.4, -0.2) is 53.6 Å². The molecule has 5 rings (SSSR count). The molecule has 7 heteroatoms. The van der Waals surface area contributed by atoms with Crippen LogP contribution in [0, 0.1) is 0 Å². The number of allylic oxidation sites excluding steroid dienone is 5. The predicted molar refractivity (Wildman–Crippen MR) is 202 cm³/mol. The molecule has 264 valence electrons. The van der Waals surface area contributed by atoms with E-state index < -0.39 is 5.41 Å². The smallest absolute Gasteiger partial charge is 0.210 e. The highest BCUT2D eigenvalue weighted by Crippen LogP contribution is 2.50. The number of carbonyl (C=O) groups is 1. The van der Waals surface area contributed by atoms with Crippen LogP contribution in [0.1, 0.15) is 111 Å². The molecule has 49 heavy (non-hydrogen) atoms. The maximum atomic E-state index is 14.0. The number of hydrogen-bond acceptors (Lipinski definition) is 5. The summed E-state index contributed by atoms with van der Waals surface area (Å²) in [4.78, 5) is 16.2. The van der Waals surface area contributed by atoms with Gasteiger partial charge >= 0.3 is 0 Å². The summed E-state index contributed by atoms with van der Waals surface area (Å²) in [5.41, 5.74) is 6.33. The SMILES string of the molecule is CCCCCCCC[N+]1=C(C=C2C(=O)C(/C=C3\N(CCOCCC)c4ccc(Cl)cc4C3(C)C)=C2O)C(C)(C)c2cc(OC(C)C)ccc21. The van der Waals surface area contributed by atoms with Crippen LogP contribution in [0.25, 0.3) is 0 Å². The summed E-state index contributed by atoms with van der Waals surface area (Å²) < 4.78 is 14.3. The predicted octanol–water partition coefficient (Wildman–Crippen LogP) is 10.3. The number of fused-ring (bicyclic) bond motifs is 2. The molecule has 0 amide bonds. The number of benzene rings is 2. The fraction of sp³-hybridized carbons (Fsp3) is 0.524. The summed E-state index contributed by atoms with van der Waals surface area (Å²) in [6, 6.07) is 12.3. The second-order valence-electron chi connectivity index (χ2n) is 15.0. The van der Waals surface area contributed by atoms with E-state index in [0.29, 0.717) is 35.9 Å². The Kier molecular flexibility index (Phi) is 11.5. The molecule has 0 unspecified atom stereocenters. The number of anilines is 1. The molecule has 0 fully saturated rings. The van der Waals surface area contributed by atoms with Gasteiger partial charge in [-0.05, 0) is 82.5 Å². The molecule has 6 nitrogen and oxygen atoms in total. The molecule has 3 aliphatic rings. The van der Waals surface area contributed by atoms with E-state index in [4.69, 9.17) is 21.1 Å². The van der Waals surface area contributed by atoms with E-state index in [1.165, 1.54) is 31.2 Å². The molecule has 0 aromatic heterocycles. The van der Waals surface area contributed by atoms with E-state index in [0.717, 1.165) is 59.9 Å². The maximum absolute atomic E-state index is 14.0. The van der Waals surface area contributed by atoms with Crippen LogP contribution in [0.2, 0.25) is 5.02 Å². The van der Waals surface area contributed by atoms with Gasteiger partial charge in [0.15, 0.2) is 5.71 Å². The fourth-order valence-corrected chi connectivity index (χ4v) is 7.66. The minimum Gasteiger partial charge on any atom is -0.506 e. The molecule has 0 radical (unpaired) electrons. The highest BCUT2D eigenvalue weighted by Gasteiger charge is 2.47. The van der Waals surface area contributed by atoms with Gasteiger partial charge in [0, 0.05) is 59.1 Å². The van der Waals surface area contributed by atoms with E-state index in [2.05, 4.69) is 63.2 Å².